The molecule has 7 rings (SSSR count). The molecule has 1 unspecified atom stereocenters. The van der Waals surface area contributed by atoms with E-state index in [-0.39, 0.29) is 48.4 Å². The highest BCUT2D eigenvalue weighted by atomic mass is 19.4. The number of carbonyl (C=O) groups excluding carboxylic acids is 3. The number of alkyl halides is 3. The van der Waals surface area contributed by atoms with Gasteiger partial charge in [0.25, 0.3) is 5.91 Å². The normalized spacial score (nSPS) is 24.2. The van der Waals surface area contributed by atoms with Crippen LogP contribution >= 0.6 is 0 Å². The predicted molar refractivity (Wildman–Crippen MR) is 181 cm³/mol. The molecule has 3 aromatic carbocycles. The van der Waals surface area contributed by atoms with E-state index in [0.29, 0.717) is 44.8 Å². The van der Waals surface area contributed by atoms with Crippen LogP contribution in [0.2, 0.25) is 0 Å². The second-order valence-electron chi connectivity index (χ2n) is 13.7. The van der Waals surface area contributed by atoms with Crippen molar-refractivity contribution in [1.29, 1.82) is 0 Å². The van der Waals surface area contributed by atoms with E-state index in [1.54, 1.807) is 6.07 Å². The molecule has 4 heterocycles. The molecule has 4 aliphatic rings. The van der Waals surface area contributed by atoms with Gasteiger partial charge in [-0.15, -0.1) is 0 Å². The minimum atomic E-state index is -5.06. The lowest BCUT2D eigenvalue weighted by atomic mass is 9.87. The van der Waals surface area contributed by atoms with Gasteiger partial charge in [0.05, 0.1) is 32.1 Å². The zero-order chi connectivity index (χ0) is 35.4. The molecule has 14 heteroatoms. The first-order valence-electron chi connectivity index (χ1n) is 16.8. The molecule has 4 amide bonds. The van der Waals surface area contributed by atoms with Crippen molar-refractivity contribution in [3.05, 3.63) is 65.7 Å². The summed E-state index contributed by atoms with van der Waals surface area (Å²) in [7, 11) is 5.31. The van der Waals surface area contributed by atoms with Gasteiger partial charge < -0.3 is 24.6 Å². The Morgan fingerprint density at radius 3 is 2.46 bits per heavy atom. The SMILES string of the molecule is COc1ccc(CN2C[C@@H]3C[C@@H](c4ccc(N(C)C)c5ccccc45)N4C(=O)N(CCN5CCOCC5)C(=O)C34C2)cc1NC(=O)C(F)(F)F. The van der Waals surface area contributed by atoms with Crippen LogP contribution in [-0.4, -0.2) is 123 Å². The number of anilines is 2. The number of carbonyl (C=O) groups is 3. The fourth-order valence-electron chi connectivity index (χ4n) is 8.33. The van der Waals surface area contributed by atoms with Crippen LogP contribution < -0.4 is 15.0 Å². The van der Waals surface area contributed by atoms with Crippen LogP contribution in [0.4, 0.5) is 29.3 Å². The maximum absolute atomic E-state index is 14.6. The molecule has 1 N–H and O–H groups in total. The molecular weight excluding hydrogens is 653 g/mol. The Hall–Kier alpha value is -4.40. The number of hydrogen-bond acceptors (Lipinski definition) is 8. The molecule has 3 aromatic rings. The maximum Gasteiger partial charge on any atom is 0.471 e. The largest absolute Gasteiger partial charge is 0.495 e. The van der Waals surface area contributed by atoms with Gasteiger partial charge in [0.15, 0.2) is 0 Å². The van der Waals surface area contributed by atoms with Gasteiger partial charge in [-0.1, -0.05) is 36.4 Å². The Bertz CT molecular complexity index is 1810. The van der Waals surface area contributed by atoms with E-state index in [4.69, 9.17) is 9.47 Å². The summed E-state index contributed by atoms with van der Waals surface area (Å²) in [6.07, 6.45) is -4.47. The first kappa shape index (κ1) is 34.1. The summed E-state index contributed by atoms with van der Waals surface area (Å²) >= 11 is 0. The Labute approximate surface area is 288 Å². The third kappa shape index (κ3) is 5.82. The highest BCUT2D eigenvalue weighted by Crippen LogP contribution is 2.56. The van der Waals surface area contributed by atoms with Crippen LogP contribution in [0.1, 0.15) is 23.6 Å². The van der Waals surface area contributed by atoms with Gasteiger partial charge in [0, 0.05) is 76.9 Å². The van der Waals surface area contributed by atoms with Crippen molar-refractivity contribution in [1.82, 2.24) is 19.6 Å². The second kappa shape index (κ2) is 13.1. The van der Waals surface area contributed by atoms with Crippen LogP contribution in [-0.2, 0) is 20.9 Å². The van der Waals surface area contributed by atoms with Gasteiger partial charge in [0.1, 0.15) is 11.3 Å². The van der Waals surface area contributed by atoms with E-state index in [1.165, 1.54) is 24.1 Å². The monoisotopic (exact) mass is 694 g/mol. The number of nitrogens with one attached hydrogen (secondary N) is 1. The summed E-state index contributed by atoms with van der Waals surface area (Å²) in [6, 6.07) is 16.4. The van der Waals surface area contributed by atoms with E-state index in [0.717, 1.165) is 35.1 Å². The van der Waals surface area contributed by atoms with E-state index in [9.17, 15) is 27.6 Å². The van der Waals surface area contributed by atoms with Crippen molar-refractivity contribution in [2.75, 3.05) is 83.9 Å². The number of morpholine rings is 1. The minimum Gasteiger partial charge on any atom is -0.495 e. The molecule has 1 spiro atoms. The average molecular weight is 695 g/mol. The molecule has 4 saturated heterocycles. The lowest BCUT2D eigenvalue weighted by molar-refractivity contribution is -0.167. The average Bonchev–Trinajstić information content (AvgIpc) is 3.67. The number of halogens is 3. The van der Waals surface area contributed by atoms with Gasteiger partial charge >= 0.3 is 18.1 Å². The number of rotatable bonds is 9. The number of urea groups is 1. The first-order chi connectivity index (χ1) is 23.9. The molecule has 0 saturated carbocycles. The molecule has 4 aliphatic heterocycles. The zero-order valence-electron chi connectivity index (χ0n) is 28.3. The number of likely N-dealkylation sites (tertiary alicyclic amines) is 1. The van der Waals surface area contributed by atoms with E-state index in [1.807, 2.05) is 36.4 Å². The Balaban J connectivity index is 1.21. The number of imide groups is 1. The van der Waals surface area contributed by atoms with Gasteiger partial charge in [-0.05, 0) is 41.1 Å². The topological polar surface area (TPSA) is 97.9 Å². The van der Waals surface area contributed by atoms with E-state index >= 15 is 0 Å². The maximum atomic E-state index is 14.6. The zero-order valence-corrected chi connectivity index (χ0v) is 28.3. The molecule has 3 atom stereocenters. The lowest BCUT2D eigenvalue weighted by Crippen LogP contribution is -2.51. The molecule has 266 valence electrons. The summed E-state index contributed by atoms with van der Waals surface area (Å²) in [4.78, 5) is 50.5. The van der Waals surface area contributed by atoms with Crippen molar-refractivity contribution in [3.63, 3.8) is 0 Å². The molecule has 0 radical (unpaired) electrons. The summed E-state index contributed by atoms with van der Waals surface area (Å²) in [5.41, 5.74) is 1.51. The molecule has 0 aromatic heterocycles. The van der Waals surface area contributed by atoms with Crippen molar-refractivity contribution in [2.24, 2.45) is 5.92 Å². The molecule has 4 fully saturated rings. The van der Waals surface area contributed by atoms with Crippen LogP contribution in [0.5, 0.6) is 5.75 Å². The Kier molecular flexibility index (Phi) is 8.89. The second-order valence-corrected chi connectivity index (χ2v) is 13.7. The van der Waals surface area contributed by atoms with Crippen LogP contribution in [0.3, 0.4) is 0 Å². The van der Waals surface area contributed by atoms with Gasteiger partial charge in [-0.25, -0.2) is 4.79 Å². The van der Waals surface area contributed by atoms with Crippen molar-refractivity contribution in [3.8, 4) is 5.75 Å². The van der Waals surface area contributed by atoms with Crippen LogP contribution in [0.25, 0.3) is 10.8 Å². The fraction of sp³-hybridized carbons (Fsp3) is 0.472. The quantitative estimate of drug-likeness (QED) is 0.331. The van der Waals surface area contributed by atoms with Crippen LogP contribution in [0, 0.1) is 5.92 Å². The minimum absolute atomic E-state index is 0.0947. The summed E-state index contributed by atoms with van der Waals surface area (Å²) in [5.74, 6) is -2.38. The number of fused-ring (bicyclic) bond motifs is 1. The number of amides is 4. The molecule has 0 aliphatic carbocycles. The van der Waals surface area contributed by atoms with Crippen molar-refractivity contribution < 1.29 is 37.0 Å². The molecule has 50 heavy (non-hydrogen) atoms. The predicted octanol–water partition coefficient (Wildman–Crippen LogP) is 4.33. The van der Waals surface area contributed by atoms with Crippen molar-refractivity contribution >= 4 is 40.0 Å². The van der Waals surface area contributed by atoms with Gasteiger partial charge in [-0.2, -0.15) is 13.2 Å². The number of methoxy groups -OCH3 is 1. The summed E-state index contributed by atoms with van der Waals surface area (Å²) in [6.45, 7) is 4.61. The highest BCUT2D eigenvalue weighted by Gasteiger charge is 2.70. The van der Waals surface area contributed by atoms with E-state index < -0.39 is 17.6 Å². The third-order valence-corrected chi connectivity index (χ3v) is 10.6. The Morgan fingerprint density at radius 1 is 1.02 bits per heavy atom. The fourth-order valence-corrected chi connectivity index (χ4v) is 8.33. The highest BCUT2D eigenvalue weighted by molar-refractivity contribution is 6.09. The number of hydrogen-bond donors (Lipinski definition) is 1. The molecular formula is C36H41F3N6O5. The molecule has 0 bridgehead atoms. The van der Waals surface area contributed by atoms with Crippen LogP contribution in [0.15, 0.2) is 54.6 Å². The smallest absolute Gasteiger partial charge is 0.471 e. The van der Waals surface area contributed by atoms with Crippen molar-refractivity contribution in [2.45, 2.75) is 30.7 Å². The Morgan fingerprint density at radius 2 is 1.76 bits per heavy atom. The molecule has 11 nitrogen and oxygen atoms in total. The van der Waals surface area contributed by atoms with Gasteiger partial charge in [0.2, 0.25) is 0 Å². The van der Waals surface area contributed by atoms with Gasteiger partial charge in [-0.3, -0.25) is 24.3 Å². The summed E-state index contributed by atoms with van der Waals surface area (Å²) < 4.78 is 49.9. The number of ether oxygens (including phenoxy) is 2. The third-order valence-electron chi connectivity index (χ3n) is 10.6. The summed E-state index contributed by atoms with van der Waals surface area (Å²) in [5, 5.41) is 4.02. The first-order valence-corrected chi connectivity index (χ1v) is 16.8. The lowest BCUT2D eigenvalue weighted by Gasteiger charge is -2.33. The number of nitrogens with zero attached hydrogens (tertiary/aromatic N) is 5. The number of benzene rings is 3. The standard InChI is InChI=1S/C36H41F3N6O5/c1-41(2)29-10-9-27(25-6-4-5-7-26(25)29)30-19-24-21-43(20-23-8-11-31(49-3)28(18-23)40-32(46)36(37,38)39)22-35(24)33(47)44(34(48)45(30)35)13-12-42-14-16-50-17-15-42/h4-11,18,24,30H,12-17,19-22H2,1-3H3,(H,40,46)/t24-,30-,35?/m0/s1. The van der Waals surface area contributed by atoms with E-state index in [2.05, 4.69) is 39.0 Å².